The lowest BCUT2D eigenvalue weighted by molar-refractivity contribution is -0.117. The van der Waals surface area contributed by atoms with Crippen molar-refractivity contribution in [2.24, 2.45) is 0 Å². The van der Waals surface area contributed by atoms with E-state index in [0.29, 0.717) is 17.2 Å². The molecule has 8 heteroatoms. The number of pyridine rings is 1. The van der Waals surface area contributed by atoms with Crippen LogP contribution in [-0.4, -0.2) is 26.8 Å². The topological polar surface area (TPSA) is 109 Å². The van der Waals surface area contributed by atoms with Gasteiger partial charge in [0.15, 0.2) is 0 Å². The highest BCUT2D eigenvalue weighted by Crippen LogP contribution is 2.31. The van der Waals surface area contributed by atoms with Gasteiger partial charge in [0.2, 0.25) is 11.9 Å². The molecule has 2 amide bonds. The Bertz CT molecular complexity index is 1500. The highest BCUT2D eigenvalue weighted by molar-refractivity contribution is 6.04. The molecule has 190 valence electrons. The maximum atomic E-state index is 13.1. The summed E-state index contributed by atoms with van der Waals surface area (Å²) in [7, 11) is 0. The highest BCUT2D eigenvalue weighted by Gasteiger charge is 2.22. The first-order chi connectivity index (χ1) is 18.5. The Kier molecular flexibility index (Phi) is 7.21. The van der Waals surface area contributed by atoms with E-state index >= 15 is 0 Å². The van der Waals surface area contributed by atoms with Gasteiger partial charge in [-0.25, -0.2) is 9.97 Å². The minimum absolute atomic E-state index is 0.0639. The number of nitrogens with zero attached hydrogens (tertiary/aromatic N) is 3. The van der Waals surface area contributed by atoms with Crippen molar-refractivity contribution in [2.45, 2.75) is 32.2 Å². The Hall–Kier alpha value is -4.85. The summed E-state index contributed by atoms with van der Waals surface area (Å²) in [4.78, 5) is 38.0. The second-order valence-corrected chi connectivity index (χ2v) is 9.19. The molecule has 4 aromatic rings. The van der Waals surface area contributed by atoms with E-state index in [-0.39, 0.29) is 17.9 Å². The minimum Gasteiger partial charge on any atom is -0.346 e. The van der Waals surface area contributed by atoms with E-state index in [0.717, 1.165) is 52.9 Å². The van der Waals surface area contributed by atoms with E-state index in [1.54, 1.807) is 24.7 Å². The predicted octanol–water partition coefficient (Wildman–Crippen LogP) is 5.52. The van der Waals surface area contributed by atoms with E-state index in [1.807, 2.05) is 55.5 Å². The third-order valence-electron chi connectivity index (χ3n) is 6.58. The summed E-state index contributed by atoms with van der Waals surface area (Å²) >= 11 is 0. The number of hydrogen-bond donors (Lipinski definition) is 3. The fraction of sp³-hybridized carbons (Fsp3) is 0.167. The number of hydrogen-bond acceptors (Lipinski definition) is 6. The zero-order valence-electron chi connectivity index (χ0n) is 21.1. The predicted molar refractivity (Wildman–Crippen MR) is 148 cm³/mol. The maximum absolute atomic E-state index is 13.1. The van der Waals surface area contributed by atoms with Crippen molar-refractivity contribution in [2.75, 3.05) is 10.6 Å². The number of anilines is 3. The van der Waals surface area contributed by atoms with Gasteiger partial charge in [-0.05, 0) is 91.4 Å². The van der Waals surface area contributed by atoms with Gasteiger partial charge in [-0.1, -0.05) is 18.7 Å². The van der Waals surface area contributed by atoms with Crippen molar-refractivity contribution in [1.29, 1.82) is 0 Å². The Labute approximate surface area is 221 Å². The Morgan fingerprint density at radius 1 is 1.08 bits per heavy atom. The molecule has 0 saturated carbocycles. The summed E-state index contributed by atoms with van der Waals surface area (Å²) in [5.41, 5.74) is 6.79. The van der Waals surface area contributed by atoms with Gasteiger partial charge in [0.1, 0.15) is 0 Å². The molecule has 8 nitrogen and oxygen atoms in total. The van der Waals surface area contributed by atoms with E-state index in [4.69, 9.17) is 0 Å². The normalized spacial score (nSPS) is 14.2. The molecule has 2 heterocycles. The summed E-state index contributed by atoms with van der Waals surface area (Å²) in [6.45, 7) is 5.51. The molecule has 3 N–H and O–H groups in total. The van der Waals surface area contributed by atoms with Gasteiger partial charge in [0.25, 0.3) is 5.91 Å². The lowest BCUT2D eigenvalue weighted by Gasteiger charge is -2.26. The van der Waals surface area contributed by atoms with Gasteiger partial charge >= 0.3 is 0 Å². The summed E-state index contributed by atoms with van der Waals surface area (Å²) in [6, 6.07) is 16.9. The van der Waals surface area contributed by atoms with Crippen molar-refractivity contribution in [3.63, 3.8) is 0 Å². The van der Waals surface area contributed by atoms with E-state index in [9.17, 15) is 9.59 Å². The van der Waals surface area contributed by atoms with Gasteiger partial charge in [-0.2, -0.15) is 0 Å². The van der Waals surface area contributed by atoms with Crippen molar-refractivity contribution >= 4 is 29.1 Å². The number of aromatic nitrogens is 3. The van der Waals surface area contributed by atoms with Crippen LogP contribution >= 0.6 is 0 Å². The van der Waals surface area contributed by atoms with Crippen LogP contribution in [0.2, 0.25) is 0 Å². The molecule has 0 fully saturated rings. The van der Waals surface area contributed by atoms with Crippen LogP contribution in [0, 0.1) is 6.92 Å². The Morgan fingerprint density at radius 2 is 1.97 bits per heavy atom. The molecular weight excluding hydrogens is 476 g/mol. The molecule has 0 aliphatic heterocycles. The number of benzene rings is 2. The monoisotopic (exact) mass is 504 g/mol. The van der Waals surface area contributed by atoms with E-state index in [1.165, 1.54) is 6.08 Å². The molecule has 0 spiro atoms. The fourth-order valence-corrected chi connectivity index (χ4v) is 4.59. The number of amides is 2. The zero-order valence-corrected chi connectivity index (χ0v) is 21.1. The van der Waals surface area contributed by atoms with Gasteiger partial charge in [-0.3, -0.25) is 14.6 Å². The number of carbonyl (C=O) groups is 2. The first-order valence-corrected chi connectivity index (χ1v) is 12.5. The number of fused-ring (bicyclic) bond motifs is 1. The maximum Gasteiger partial charge on any atom is 0.255 e. The third kappa shape index (κ3) is 5.59. The van der Waals surface area contributed by atoms with Gasteiger partial charge in [0.05, 0.1) is 11.7 Å². The molecular formula is C30H28N6O2. The van der Waals surface area contributed by atoms with E-state index in [2.05, 4.69) is 37.5 Å². The minimum atomic E-state index is -0.199. The van der Waals surface area contributed by atoms with E-state index < -0.39 is 0 Å². The Morgan fingerprint density at radius 3 is 2.79 bits per heavy atom. The number of nitrogens with one attached hydrogen (secondary N) is 3. The molecule has 5 rings (SSSR count). The van der Waals surface area contributed by atoms with Crippen LogP contribution in [0.5, 0.6) is 0 Å². The summed E-state index contributed by atoms with van der Waals surface area (Å²) in [6.07, 6.45) is 9.13. The van der Waals surface area contributed by atoms with Gasteiger partial charge in [-0.15, -0.1) is 0 Å². The highest BCUT2D eigenvalue weighted by atomic mass is 16.2. The number of aryl methyl sites for hydroxylation is 2. The Balaban J connectivity index is 1.31. The molecule has 1 aliphatic rings. The first-order valence-electron chi connectivity index (χ1n) is 12.5. The second kappa shape index (κ2) is 11.0. The average Bonchev–Trinajstić information content (AvgIpc) is 2.95. The van der Waals surface area contributed by atoms with Crippen LogP contribution < -0.4 is 16.0 Å². The summed E-state index contributed by atoms with van der Waals surface area (Å²) in [5.74, 6) is 0.0584. The molecule has 2 aromatic carbocycles. The van der Waals surface area contributed by atoms with Crippen LogP contribution in [0.3, 0.4) is 0 Å². The third-order valence-corrected chi connectivity index (χ3v) is 6.58. The van der Waals surface area contributed by atoms with Crippen molar-refractivity contribution in [1.82, 2.24) is 20.3 Å². The van der Waals surface area contributed by atoms with Gasteiger partial charge < -0.3 is 16.0 Å². The standard InChI is InChI=1S/C30H28N6O2/c1-3-28(37)34-26-8-4-6-20-16-21(10-12-24(20)26)29(38)33-23-11-9-19(2)27(17-23)36-30-32-15-13-25(35-30)22-7-5-14-31-18-22/h3,5,7,9-18,26H,1,4,6,8H2,2H3,(H,33,38)(H,34,37)(H,32,35,36). The van der Waals surface area contributed by atoms with Crippen LogP contribution in [-0.2, 0) is 11.2 Å². The lowest BCUT2D eigenvalue weighted by Crippen LogP contribution is -2.29. The van der Waals surface area contributed by atoms with Crippen molar-refractivity contribution in [3.05, 3.63) is 108 Å². The fourth-order valence-electron chi connectivity index (χ4n) is 4.59. The molecule has 0 radical (unpaired) electrons. The molecule has 1 atom stereocenters. The molecule has 0 bridgehead atoms. The van der Waals surface area contributed by atoms with Crippen LogP contribution in [0.4, 0.5) is 17.3 Å². The van der Waals surface area contributed by atoms with Gasteiger partial charge in [0, 0.05) is 41.1 Å². The summed E-state index contributed by atoms with van der Waals surface area (Å²) in [5, 5.41) is 9.24. The molecule has 1 unspecified atom stereocenters. The first kappa shape index (κ1) is 24.8. The molecule has 1 aliphatic carbocycles. The van der Waals surface area contributed by atoms with Crippen molar-refractivity contribution in [3.8, 4) is 11.3 Å². The number of rotatable bonds is 7. The number of carbonyl (C=O) groups excluding carboxylic acids is 2. The average molecular weight is 505 g/mol. The largest absolute Gasteiger partial charge is 0.346 e. The summed E-state index contributed by atoms with van der Waals surface area (Å²) < 4.78 is 0. The molecule has 2 aromatic heterocycles. The van der Waals surface area contributed by atoms with Crippen LogP contribution in [0.1, 0.15) is 45.9 Å². The smallest absolute Gasteiger partial charge is 0.255 e. The molecule has 38 heavy (non-hydrogen) atoms. The van der Waals surface area contributed by atoms with Crippen molar-refractivity contribution < 1.29 is 9.59 Å². The quantitative estimate of drug-likeness (QED) is 0.286. The SMILES string of the molecule is C=CC(=O)NC1CCCc2cc(C(=O)Nc3ccc(C)c(Nc4nccc(-c5cccnc5)n4)c3)ccc21. The van der Waals surface area contributed by atoms with Crippen LogP contribution in [0.25, 0.3) is 11.3 Å². The zero-order chi connectivity index (χ0) is 26.5. The second-order valence-electron chi connectivity index (χ2n) is 9.19. The van der Waals surface area contributed by atoms with Crippen LogP contribution in [0.15, 0.2) is 85.8 Å². The lowest BCUT2D eigenvalue weighted by atomic mass is 9.86. The molecule has 0 saturated heterocycles.